The van der Waals surface area contributed by atoms with Gasteiger partial charge < -0.3 is 9.13 Å². The molecule has 0 spiro atoms. The van der Waals surface area contributed by atoms with Gasteiger partial charge in [0.05, 0.1) is 44.5 Å². The van der Waals surface area contributed by atoms with Gasteiger partial charge >= 0.3 is 0 Å². The van der Waals surface area contributed by atoms with E-state index in [0.717, 1.165) is 39.2 Å². The summed E-state index contributed by atoms with van der Waals surface area (Å²) in [6.07, 6.45) is 0. The van der Waals surface area contributed by atoms with Crippen molar-refractivity contribution < 1.29 is 0 Å². The summed E-state index contributed by atoms with van der Waals surface area (Å²) in [5.41, 5.74) is 16.5. The molecule has 0 aliphatic heterocycles. The van der Waals surface area contributed by atoms with Gasteiger partial charge in [-0.25, -0.2) is 9.97 Å². The Bertz CT molecular complexity index is 3340. The molecular formula is C54H40N4. The Kier molecular flexibility index (Phi) is 7.70. The molecule has 0 fully saturated rings. The average molecular weight is 745 g/mol. The van der Waals surface area contributed by atoms with Crippen LogP contribution < -0.4 is 0 Å². The van der Waals surface area contributed by atoms with E-state index < -0.39 is 0 Å². The summed E-state index contributed by atoms with van der Waals surface area (Å²) in [7, 11) is 0. The number of nitrogens with zero attached hydrogens (tertiary/aromatic N) is 4. The van der Waals surface area contributed by atoms with Gasteiger partial charge in [-0.15, -0.1) is 0 Å². The first kappa shape index (κ1) is 34.0. The highest BCUT2D eigenvalue weighted by molar-refractivity contribution is 6.12. The van der Waals surface area contributed by atoms with Crippen molar-refractivity contribution >= 4 is 54.6 Å². The molecule has 11 rings (SSSR count). The lowest BCUT2D eigenvalue weighted by molar-refractivity contribution is 0.590. The van der Waals surface area contributed by atoms with Crippen LogP contribution in [0, 0.1) is 0 Å². The first-order valence-electron chi connectivity index (χ1n) is 20.0. The Morgan fingerprint density at radius 2 is 0.741 bits per heavy atom. The van der Waals surface area contributed by atoms with E-state index in [0.29, 0.717) is 0 Å². The zero-order chi connectivity index (χ0) is 39.0. The molecular weight excluding hydrogens is 705 g/mol. The minimum Gasteiger partial charge on any atom is -0.309 e. The number of hydrogen-bond donors (Lipinski definition) is 0. The largest absolute Gasteiger partial charge is 0.309 e. The number of aromatic nitrogens is 4. The van der Waals surface area contributed by atoms with Gasteiger partial charge in [-0.2, -0.15) is 0 Å². The van der Waals surface area contributed by atoms with Gasteiger partial charge in [-0.1, -0.05) is 136 Å². The lowest BCUT2D eigenvalue weighted by atomic mass is 9.87. The molecule has 0 N–H and O–H groups in total. The van der Waals surface area contributed by atoms with Crippen LogP contribution in [0.2, 0.25) is 0 Å². The second-order valence-electron chi connectivity index (χ2n) is 16.3. The highest BCUT2D eigenvalue weighted by Gasteiger charge is 2.19. The molecule has 0 saturated carbocycles. The van der Waals surface area contributed by atoms with Gasteiger partial charge in [0.1, 0.15) is 0 Å². The van der Waals surface area contributed by atoms with Crippen molar-refractivity contribution in [1.82, 2.24) is 19.1 Å². The molecule has 0 atom stereocenters. The molecule has 0 aliphatic rings. The maximum Gasteiger partial charge on any atom is 0.0973 e. The third kappa shape index (κ3) is 5.52. The molecule has 0 unspecified atom stereocenters. The van der Waals surface area contributed by atoms with Crippen LogP contribution in [0.15, 0.2) is 188 Å². The van der Waals surface area contributed by atoms with Crippen LogP contribution in [0.3, 0.4) is 0 Å². The zero-order valence-electron chi connectivity index (χ0n) is 32.7. The molecule has 0 amide bonds. The summed E-state index contributed by atoms with van der Waals surface area (Å²) in [5.74, 6) is 0. The molecule has 0 radical (unpaired) electrons. The first-order valence-corrected chi connectivity index (χ1v) is 20.0. The standard InChI is InChI=1S/C54H40N4/c1-54(2,3)39-25-29-41(30-26-39)58-49-20-12-8-16-43(49)45-34-38(24-32-51(45)58)37-23-31-50-44(33-37)42-15-7-11-19-48(42)57(50)40-27-21-36(22-28-40)53-52(35-13-5-4-6-14-35)55-46-17-9-10-18-47(46)56-53/h4-34H,1-3H3. The zero-order valence-corrected chi connectivity index (χ0v) is 32.7. The van der Waals surface area contributed by atoms with Gasteiger partial charge in [-0.05, 0) is 94.9 Å². The summed E-state index contributed by atoms with van der Waals surface area (Å²) in [4.78, 5) is 10.2. The predicted octanol–water partition coefficient (Wildman–Crippen LogP) is 14.1. The van der Waals surface area contributed by atoms with Crippen molar-refractivity contribution in [3.8, 4) is 45.0 Å². The summed E-state index contributed by atoms with van der Waals surface area (Å²) in [6.45, 7) is 6.79. The first-order chi connectivity index (χ1) is 28.4. The average Bonchev–Trinajstić information content (AvgIpc) is 3.78. The number of hydrogen-bond acceptors (Lipinski definition) is 2. The minimum absolute atomic E-state index is 0.105. The molecule has 0 bridgehead atoms. The van der Waals surface area contributed by atoms with Crippen molar-refractivity contribution in [3.63, 3.8) is 0 Å². The SMILES string of the molecule is CC(C)(C)c1ccc(-n2c3ccccc3c3cc(-c4ccc5c(c4)c4ccccc4n5-c4ccc(-c5nc6ccccc6nc5-c5ccccc5)cc4)ccc32)cc1. The van der Waals surface area contributed by atoms with Crippen LogP contribution in [0.1, 0.15) is 26.3 Å². The second-order valence-corrected chi connectivity index (χ2v) is 16.3. The molecule has 3 heterocycles. The van der Waals surface area contributed by atoms with E-state index in [9.17, 15) is 0 Å². The van der Waals surface area contributed by atoms with Crippen molar-refractivity contribution in [2.45, 2.75) is 26.2 Å². The fourth-order valence-electron chi connectivity index (χ4n) is 8.74. The van der Waals surface area contributed by atoms with E-state index >= 15 is 0 Å². The topological polar surface area (TPSA) is 35.6 Å². The molecule has 58 heavy (non-hydrogen) atoms. The Morgan fingerprint density at radius 1 is 0.345 bits per heavy atom. The summed E-state index contributed by atoms with van der Waals surface area (Å²) >= 11 is 0. The van der Waals surface area contributed by atoms with Crippen LogP contribution in [0.25, 0.3) is 99.7 Å². The number of rotatable bonds is 5. The number of fused-ring (bicyclic) bond motifs is 7. The Labute approximate surface area is 337 Å². The van der Waals surface area contributed by atoms with Gasteiger partial charge in [0.25, 0.3) is 0 Å². The van der Waals surface area contributed by atoms with Gasteiger partial charge in [0.2, 0.25) is 0 Å². The third-order valence-corrected chi connectivity index (χ3v) is 11.7. The van der Waals surface area contributed by atoms with Gasteiger partial charge in [0.15, 0.2) is 0 Å². The van der Waals surface area contributed by atoms with Gasteiger partial charge in [-0.3, -0.25) is 0 Å². The molecule has 276 valence electrons. The lowest BCUT2D eigenvalue weighted by Gasteiger charge is -2.19. The van der Waals surface area contributed by atoms with E-state index in [4.69, 9.17) is 9.97 Å². The molecule has 4 nitrogen and oxygen atoms in total. The summed E-state index contributed by atoms with van der Waals surface area (Å²) in [5, 5.41) is 4.96. The number of para-hydroxylation sites is 4. The fraction of sp³-hybridized carbons (Fsp3) is 0.0741. The fourth-order valence-corrected chi connectivity index (χ4v) is 8.74. The molecule has 4 heteroatoms. The second kappa shape index (κ2) is 13.1. The van der Waals surface area contributed by atoms with Crippen molar-refractivity contribution in [1.29, 1.82) is 0 Å². The van der Waals surface area contributed by atoms with Crippen molar-refractivity contribution in [3.05, 3.63) is 194 Å². The van der Waals surface area contributed by atoms with Gasteiger partial charge in [0, 0.05) is 44.0 Å². The molecule has 3 aromatic heterocycles. The van der Waals surface area contributed by atoms with E-state index in [1.165, 1.54) is 66.0 Å². The van der Waals surface area contributed by atoms with Crippen LogP contribution in [-0.4, -0.2) is 19.1 Å². The molecule has 0 saturated heterocycles. The quantitative estimate of drug-likeness (QED) is 0.176. The van der Waals surface area contributed by atoms with E-state index in [1.54, 1.807) is 0 Å². The van der Waals surface area contributed by atoms with Crippen LogP contribution in [0.4, 0.5) is 0 Å². The maximum absolute atomic E-state index is 5.15. The van der Waals surface area contributed by atoms with E-state index in [2.05, 4.69) is 188 Å². The van der Waals surface area contributed by atoms with Crippen molar-refractivity contribution in [2.75, 3.05) is 0 Å². The molecule has 11 aromatic rings. The molecule has 0 aliphatic carbocycles. The Hall–Kier alpha value is -7.30. The summed E-state index contributed by atoms with van der Waals surface area (Å²) in [6, 6.07) is 67.6. The minimum atomic E-state index is 0.105. The van der Waals surface area contributed by atoms with E-state index in [-0.39, 0.29) is 5.41 Å². The highest BCUT2D eigenvalue weighted by atomic mass is 15.0. The van der Waals surface area contributed by atoms with Crippen molar-refractivity contribution in [2.24, 2.45) is 0 Å². The van der Waals surface area contributed by atoms with E-state index in [1.807, 2.05) is 30.3 Å². The third-order valence-electron chi connectivity index (χ3n) is 11.7. The summed E-state index contributed by atoms with van der Waals surface area (Å²) < 4.78 is 4.78. The van der Waals surface area contributed by atoms with Crippen LogP contribution in [0.5, 0.6) is 0 Å². The lowest BCUT2D eigenvalue weighted by Crippen LogP contribution is -2.10. The maximum atomic E-state index is 5.15. The smallest absolute Gasteiger partial charge is 0.0973 e. The Balaban J connectivity index is 1.01. The normalized spacial score (nSPS) is 12.1. The predicted molar refractivity (Wildman–Crippen MR) is 243 cm³/mol. The van der Waals surface area contributed by atoms with Crippen LogP contribution >= 0.6 is 0 Å². The number of benzene rings is 8. The monoisotopic (exact) mass is 744 g/mol. The van der Waals surface area contributed by atoms with Crippen LogP contribution in [-0.2, 0) is 5.41 Å². The Morgan fingerprint density at radius 3 is 1.24 bits per heavy atom. The highest BCUT2D eigenvalue weighted by Crippen LogP contribution is 2.39. The molecule has 8 aromatic carbocycles.